The van der Waals surface area contributed by atoms with Crippen LogP contribution in [0.2, 0.25) is 0 Å². The van der Waals surface area contributed by atoms with Crippen LogP contribution in [0.5, 0.6) is 5.75 Å². The minimum absolute atomic E-state index is 0.143. The standard InChI is InChI=1S/C13H12FNO3S/c1-2-3-10-11(13(17)18)19-12(15-10)8-5-4-7(16)6-9(8)14/h4-6,16H,2-3H2,1H3,(H,17,18). The van der Waals surface area contributed by atoms with E-state index in [1.54, 1.807) is 0 Å². The molecule has 19 heavy (non-hydrogen) atoms. The van der Waals surface area contributed by atoms with E-state index in [1.165, 1.54) is 12.1 Å². The number of carboxylic acids is 1. The van der Waals surface area contributed by atoms with Crippen LogP contribution in [0.15, 0.2) is 18.2 Å². The maximum absolute atomic E-state index is 13.7. The second-order valence-corrected chi connectivity index (χ2v) is 5.01. The van der Waals surface area contributed by atoms with Gasteiger partial charge in [0.15, 0.2) is 0 Å². The van der Waals surface area contributed by atoms with Crippen LogP contribution in [0.3, 0.4) is 0 Å². The Morgan fingerprint density at radius 3 is 2.79 bits per heavy atom. The zero-order valence-electron chi connectivity index (χ0n) is 10.2. The summed E-state index contributed by atoms with van der Waals surface area (Å²) in [7, 11) is 0. The minimum Gasteiger partial charge on any atom is -0.508 e. The molecule has 4 nitrogen and oxygen atoms in total. The first-order chi connectivity index (χ1) is 9.02. The van der Waals surface area contributed by atoms with Gasteiger partial charge in [-0.15, -0.1) is 11.3 Å². The molecule has 0 spiro atoms. The third-order valence-electron chi connectivity index (χ3n) is 2.56. The SMILES string of the molecule is CCCc1nc(-c2ccc(O)cc2F)sc1C(=O)O. The molecular formula is C13H12FNO3S. The highest BCUT2D eigenvalue weighted by molar-refractivity contribution is 7.17. The highest BCUT2D eigenvalue weighted by atomic mass is 32.1. The minimum atomic E-state index is -1.05. The van der Waals surface area contributed by atoms with Gasteiger partial charge in [0.2, 0.25) is 0 Å². The lowest BCUT2D eigenvalue weighted by atomic mass is 10.2. The number of benzene rings is 1. The van der Waals surface area contributed by atoms with Gasteiger partial charge in [0.25, 0.3) is 0 Å². The molecule has 0 aliphatic heterocycles. The van der Waals surface area contributed by atoms with E-state index in [2.05, 4.69) is 4.98 Å². The number of carboxylic acid groups (broad SMARTS) is 1. The van der Waals surface area contributed by atoms with E-state index in [1.807, 2.05) is 6.92 Å². The second-order valence-electron chi connectivity index (χ2n) is 4.01. The Morgan fingerprint density at radius 2 is 2.21 bits per heavy atom. The van der Waals surface area contributed by atoms with Crippen molar-refractivity contribution in [3.8, 4) is 16.3 Å². The Labute approximate surface area is 113 Å². The average molecular weight is 281 g/mol. The van der Waals surface area contributed by atoms with Crippen LogP contribution in [-0.2, 0) is 6.42 Å². The van der Waals surface area contributed by atoms with Crippen LogP contribution in [0.4, 0.5) is 4.39 Å². The summed E-state index contributed by atoms with van der Waals surface area (Å²) in [6, 6.07) is 3.72. The molecule has 0 amide bonds. The van der Waals surface area contributed by atoms with E-state index in [4.69, 9.17) is 10.2 Å². The summed E-state index contributed by atoms with van der Waals surface area (Å²) in [5.41, 5.74) is 0.676. The van der Waals surface area contributed by atoms with Gasteiger partial charge in [-0.1, -0.05) is 13.3 Å². The Morgan fingerprint density at radius 1 is 1.47 bits per heavy atom. The maximum atomic E-state index is 13.7. The van der Waals surface area contributed by atoms with Crippen molar-refractivity contribution in [3.05, 3.63) is 34.6 Å². The third-order valence-corrected chi connectivity index (χ3v) is 3.68. The zero-order valence-corrected chi connectivity index (χ0v) is 11.0. The number of nitrogens with zero attached hydrogens (tertiary/aromatic N) is 1. The van der Waals surface area contributed by atoms with Gasteiger partial charge in [-0.3, -0.25) is 0 Å². The third kappa shape index (κ3) is 2.73. The Kier molecular flexibility index (Phi) is 3.80. The molecule has 0 atom stereocenters. The Bertz CT molecular complexity index is 624. The number of halogens is 1. The number of aromatic nitrogens is 1. The van der Waals surface area contributed by atoms with E-state index in [0.29, 0.717) is 17.1 Å². The molecule has 0 aliphatic rings. The highest BCUT2D eigenvalue weighted by Crippen LogP contribution is 2.32. The largest absolute Gasteiger partial charge is 0.508 e. The van der Waals surface area contributed by atoms with Crippen molar-refractivity contribution in [2.75, 3.05) is 0 Å². The number of phenols is 1. The molecular weight excluding hydrogens is 269 g/mol. The van der Waals surface area contributed by atoms with Gasteiger partial charge in [0.1, 0.15) is 21.5 Å². The number of hydrogen-bond donors (Lipinski definition) is 2. The summed E-state index contributed by atoms with van der Waals surface area (Å²) in [6.07, 6.45) is 1.30. The normalized spacial score (nSPS) is 10.6. The van der Waals surface area contributed by atoms with E-state index in [9.17, 15) is 9.18 Å². The average Bonchev–Trinajstić information content (AvgIpc) is 2.73. The molecule has 0 saturated carbocycles. The molecule has 100 valence electrons. The molecule has 0 aliphatic carbocycles. The molecule has 0 bridgehead atoms. The van der Waals surface area contributed by atoms with Crippen molar-refractivity contribution in [2.45, 2.75) is 19.8 Å². The van der Waals surface area contributed by atoms with Gasteiger partial charge in [-0.2, -0.15) is 0 Å². The van der Waals surface area contributed by atoms with Crippen molar-refractivity contribution in [1.82, 2.24) is 4.98 Å². The number of hydrogen-bond acceptors (Lipinski definition) is 4. The van der Waals surface area contributed by atoms with Gasteiger partial charge in [0.05, 0.1) is 5.69 Å². The molecule has 2 N–H and O–H groups in total. The van der Waals surface area contributed by atoms with Crippen LogP contribution < -0.4 is 0 Å². The molecule has 0 fully saturated rings. The quantitative estimate of drug-likeness (QED) is 0.902. The van der Waals surface area contributed by atoms with Crippen molar-refractivity contribution in [1.29, 1.82) is 0 Å². The first-order valence-corrected chi connectivity index (χ1v) is 6.56. The fourth-order valence-corrected chi connectivity index (χ4v) is 2.70. The lowest BCUT2D eigenvalue weighted by Crippen LogP contribution is -1.98. The molecule has 6 heteroatoms. The number of aromatic hydroxyl groups is 1. The van der Waals surface area contributed by atoms with Crippen molar-refractivity contribution in [2.24, 2.45) is 0 Å². The first-order valence-electron chi connectivity index (χ1n) is 5.74. The molecule has 1 heterocycles. The fraction of sp³-hybridized carbons (Fsp3) is 0.231. The van der Waals surface area contributed by atoms with Gasteiger partial charge < -0.3 is 10.2 Å². The smallest absolute Gasteiger partial charge is 0.347 e. The summed E-state index contributed by atoms with van der Waals surface area (Å²) in [5.74, 6) is -1.84. The predicted molar refractivity (Wildman–Crippen MR) is 70.1 cm³/mol. The van der Waals surface area contributed by atoms with Crippen molar-refractivity contribution < 1.29 is 19.4 Å². The van der Waals surface area contributed by atoms with Gasteiger partial charge in [-0.25, -0.2) is 14.2 Å². The van der Waals surface area contributed by atoms with Gasteiger partial charge in [0, 0.05) is 11.6 Å². The Balaban J connectivity index is 2.50. The molecule has 2 aromatic rings. The van der Waals surface area contributed by atoms with E-state index >= 15 is 0 Å². The Hall–Kier alpha value is -1.95. The first kappa shape index (κ1) is 13.5. The number of phenolic OH excluding ortho intramolecular Hbond substituents is 1. The van der Waals surface area contributed by atoms with E-state index in [0.717, 1.165) is 23.8 Å². The second kappa shape index (κ2) is 5.36. The molecule has 1 aromatic carbocycles. The van der Waals surface area contributed by atoms with Gasteiger partial charge >= 0.3 is 5.97 Å². The summed E-state index contributed by atoms with van der Waals surface area (Å²) < 4.78 is 13.7. The molecule has 1 aromatic heterocycles. The van der Waals surface area contributed by atoms with E-state index < -0.39 is 11.8 Å². The van der Waals surface area contributed by atoms with Crippen LogP contribution in [-0.4, -0.2) is 21.2 Å². The number of aromatic carboxylic acids is 1. The fourth-order valence-electron chi connectivity index (χ4n) is 1.72. The monoisotopic (exact) mass is 281 g/mol. The van der Waals surface area contributed by atoms with Crippen molar-refractivity contribution in [3.63, 3.8) is 0 Å². The number of carbonyl (C=O) groups is 1. The maximum Gasteiger partial charge on any atom is 0.347 e. The number of thiazole rings is 1. The molecule has 0 unspecified atom stereocenters. The molecule has 0 radical (unpaired) electrons. The van der Waals surface area contributed by atoms with Crippen LogP contribution >= 0.6 is 11.3 Å². The zero-order chi connectivity index (χ0) is 14.0. The number of aryl methyl sites for hydroxylation is 1. The summed E-state index contributed by atoms with van der Waals surface area (Å²) >= 11 is 0.948. The van der Waals surface area contributed by atoms with Crippen LogP contribution in [0.25, 0.3) is 10.6 Å². The van der Waals surface area contributed by atoms with Gasteiger partial charge in [-0.05, 0) is 18.6 Å². The van der Waals surface area contributed by atoms with Crippen LogP contribution in [0.1, 0.15) is 28.7 Å². The van der Waals surface area contributed by atoms with E-state index in [-0.39, 0.29) is 16.2 Å². The van der Waals surface area contributed by atoms with Crippen LogP contribution in [0, 0.1) is 5.82 Å². The highest BCUT2D eigenvalue weighted by Gasteiger charge is 2.19. The summed E-state index contributed by atoms with van der Waals surface area (Å²) in [4.78, 5) is 15.5. The lowest BCUT2D eigenvalue weighted by molar-refractivity contribution is 0.0700. The van der Waals surface area contributed by atoms with Crippen molar-refractivity contribution >= 4 is 17.3 Å². The summed E-state index contributed by atoms with van der Waals surface area (Å²) in [5, 5.41) is 18.6. The molecule has 0 saturated heterocycles. The summed E-state index contributed by atoms with van der Waals surface area (Å²) in [6.45, 7) is 1.92. The lowest BCUT2D eigenvalue weighted by Gasteiger charge is -1.99. The number of rotatable bonds is 4. The topological polar surface area (TPSA) is 70.4 Å². The predicted octanol–water partition coefficient (Wildman–Crippen LogP) is 3.31. The molecule has 2 rings (SSSR count).